The maximum absolute atomic E-state index is 13.1. The maximum atomic E-state index is 13.1. The van der Waals surface area contributed by atoms with Gasteiger partial charge >= 0.3 is 0 Å². The van der Waals surface area contributed by atoms with E-state index in [1.165, 1.54) is 42.5 Å². The van der Waals surface area contributed by atoms with E-state index in [1.54, 1.807) is 19.2 Å². The summed E-state index contributed by atoms with van der Waals surface area (Å²) in [6, 6.07) is 25.4. The summed E-state index contributed by atoms with van der Waals surface area (Å²) in [5.41, 5.74) is 2.42. The molecule has 0 aliphatic carbocycles. The molecule has 0 saturated carbocycles. The van der Waals surface area contributed by atoms with Crippen LogP contribution in [-0.2, 0) is 18.0 Å². The Hall–Kier alpha value is -4.51. The van der Waals surface area contributed by atoms with Gasteiger partial charge in [-0.1, -0.05) is 59.6 Å². The van der Waals surface area contributed by atoms with Gasteiger partial charge in [0.05, 0.1) is 17.2 Å². The first kappa shape index (κ1) is 28.5. The first-order valence-electron chi connectivity index (χ1n) is 12.0. The van der Waals surface area contributed by atoms with Crippen molar-refractivity contribution < 1.29 is 23.4 Å². The van der Waals surface area contributed by atoms with Crippen molar-refractivity contribution in [3.63, 3.8) is 0 Å². The third kappa shape index (κ3) is 7.54. The minimum atomic E-state index is -0.660. The maximum Gasteiger partial charge on any atom is 0.266 e. The molecular weight excluding hydrogens is 554 g/mol. The van der Waals surface area contributed by atoms with Gasteiger partial charge in [-0.05, 0) is 71.3 Å². The molecule has 6 nitrogen and oxygen atoms in total. The van der Waals surface area contributed by atoms with Crippen LogP contribution in [0.3, 0.4) is 0 Å². The summed E-state index contributed by atoms with van der Waals surface area (Å²) in [6.07, 6.45) is 1.35. The van der Waals surface area contributed by atoms with Crippen LogP contribution in [0.1, 0.15) is 16.7 Å². The number of benzene rings is 4. The zero-order valence-corrected chi connectivity index (χ0v) is 22.8. The number of ether oxygens (including phenoxy) is 3. The van der Waals surface area contributed by atoms with Gasteiger partial charge < -0.3 is 19.5 Å². The van der Waals surface area contributed by atoms with Crippen molar-refractivity contribution in [3.8, 4) is 23.3 Å². The number of rotatable bonds is 10. The molecule has 0 heterocycles. The quantitative estimate of drug-likeness (QED) is 0.153. The van der Waals surface area contributed by atoms with E-state index < -0.39 is 11.7 Å². The molecule has 0 unspecified atom stereocenters. The largest absolute Gasteiger partial charge is 0.493 e. The van der Waals surface area contributed by atoms with Crippen molar-refractivity contribution in [3.05, 3.63) is 123 Å². The third-order valence-corrected chi connectivity index (χ3v) is 6.21. The zero-order valence-electron chi connectivity index (χ0n) is 21.3. The first-order valence-corrected chi connectivity index (χ1v) is 12.8. The number of carbonyl (C=O) groups is 1. The van der Waals surface area contributed by atoms with Gasteiger partial charge in [0, 0.05) is 5.69 Å². The minimum Gasteiger partial charge on any atom is -0.493 e. The van der Waals surface area contributed by atoms with Gasteiger partial charge in [-0.2, -0.15) is 5.26 Å². The van der Waals surface area contributed by atoms with Gasteiger partial charge in [0.1, 0.15) is 30.7 Å². The van der Waals surface area contributed by atoms with Crippen LogP contribution in [0.4, 0.5) is 10.1 Å². The van der Waals surface area contributed by atoms with Crippen LogP contribution < -0.4 is 19.5 Å². The molecule has 0 aromatic heterocycles. The second-order valence-electron chi connectivity index (χ2n) is 8.49. The average Bonchev–Trinajstić information content (AvgIpc) is 2.96. The number of halogens is 3. The number of nitriles is 1. The lowest BCUT2D eigenvalue weighted by atomic mass is 10.1. The van der Waals surface area contributed by atoms with Crippen molar-refractivity contribution in [1.82, 2.24) is 0 Å². The van der Waals surface area contributed by atoms with Crippen LogP contribution in [0, 0.1) is 17.1 Å². The van der Waals surface area contributed by atoms with Crippen molar-refractivity contribution in [2.75, 3.05) is 12.4 Å². The Morgan fingerprint density at radius 1 is 0.900 bits per heavy atom. The molecule has 0 radical (unpaired) electrons. The van der Waals surface area contributed by atoms with Gasteiger partial charge in [0.15, 0.2) is 17.2 Å². The lowest BCUT2D eigenvalue weighted by Crippen LogP contribution is -2.13. The van der Waals surface area contributed by atoms with Crippen molar-refractivity contribution >= 4 is 40.9 Å². The molecule has 0 bridgehead atoms. The molecule has 4 rings (SSSR count). The van der Waals surface area contributed by atoms with Gasteiger partial charge in [-0.3, -0.25) is 4.79 Å². The van der Waals surface area contributed by atoms with E-state index in [4.69, 9.17) is 37.4 Å². The lowest BCUT2D eigenvalue weighted by Gasteiger charge is -2.14. The Kier molecular flexibility index (Phi) is 9.63. The van der Waals surface area contributed by atoms with E-state index in [9.17, 15) is 14.4 Å². The number of hydrogen-bond donors (Lipinski definition) is 1. The Morgan fingerprint density at radius 2 is 1.57 bits per heavy atom. The van der Waals surface area contributed by atoms with Crippen molar-refractivity contribution in [2.45, 2.75) is 13.2 Å². The SMILES string of the molecule is COc1cc(COc2c(Cl)cc(/C=C(\C#N)C(=O)Nc3ccc(F)cc3)cc2Cl)ccc1OCc1ccccc1. The van der Waals surface area contributed by atoms with Crippen molar-refractivity contribution in [1.29, 1.82) is 5.26 Å². The molecule has 1 amide bonds. The second kappa shape index (κ2) is 13.5. The van der Waals surface area contributed by atoms with Crippen LogP contribution in [0.15, 0.2) is 90.5 Å². The molecule has 0 spiro atoms. The Labute approximate surface area is 241 Å². The Bertz CT molecular complexity index is 1550. The number of carbonyl (C=O) groups excluding carboxylic acids is 1. The molecule has 40 heavy (non-hydrogen) atoms. The molecule has 202 valence electrons. The molecule has 0 atom stereocenters. The average molecular weight is 577 g/mol. The molecule has 1 N–H and O–H groups in total. The number of anilines is 1. The van der Waals surface area contributed by atoms with Gasteiger partial charge in [-0.15, -0.1) is 0 Å². The predicted molar refractivity (Wildman–Crippen MR) is 153 cm³/mol. The molecular formula is C31H23Cl2FN2O4. The fraction of sp³-hybridized carbons (Fsp3) is 0.0968. The number of nitrogens with zero attached hydrogens (tertiary/aromatic N) is 1. The molecule has 4 aromatic rings. The lowest BCUT2D eigenvalue weighted by molar-refractivity contribution is -0.112. The smallest absolute Gasteiger partial charge is 0.266 e. The first-order chi connectivity index (χ1) is 19.4. The Balaban J connectivity index is 1.43. The fourth-order valence-corrected chi connectivity index (χ4v) is 4.27. The summed E-state index contributed by atoms with van der Waals surface area (Å²) in [6.45, 7) is 0.550. The molecule has 4 aromatic carbocycles. The normalized spacial score (nSPS) is 10.9. The van der Waals surface area contributed by atoms with Gasteiger partial charge in [-0.25, -0.2) is 4.39 Å². The Morgan fingerprint density at radius 3 is 2.23 bits per heavy atom. The van der Waals surface area contributed by atoms with Crippen molar-refractivity contribution in [2.24, 2.45) is 0 Å². The number of hydrogen-bond acceptors (Lipinski definition) is 5. The highest BCUT2D eigenvalue weighted by molar-refractivity contribution is 6.37. The molecule has 0 saturated heterocycles. The van der Waals surface area contributed by atoms with E-state index >= 15 is 0 Å². The second-order valence-corrected chi connectivity index (χ2v) is 9.31. The van der Waals surface area contributed by atoms with E-state index in [1.807, 2.05) is 42.5 Å². The molecule has 0 fully saturated rings. The van der Waals surface area contributed by atoms with Crippen LogP contribution in [0.25, 0.3) is 6.08 Å². The highest BCUT2D eigenvalue weighted by atomic mass is 35.5. The highest BCUT2D eigenvalue weighted by Crippen LogP contribution is 2.36. The van der Waals surface area contributed by atoms with Crippen LogP contribution >= 0.6 is 23.2 Å². The molecule has 0 aliphatic heterocycles. The van der Waals surface area contributed by atoms with E-state index in [0.717, 1.165) is 11.1 Å². The summed E-state index contributed by atoms with van der Waals surface area (Å²) >= 11 is 12.9. The minimum absolute atomic E-state index is 0.146. The monoisotopic (exact) mass is 576 g/mol. The third-order valence-electron chi connectivity index (χ3n) is 5.65. The highest BCUT2D eigenvalue weighted by Gasteiger charge is 2.14. The van der Waals surface area contributed by atoms with Crippen LogP contribution in [0.2, 0.25) is 10.0 Å². The summed E-state index contributed by atoms with van der Waals surface area (Å²) in [7, 11) is 1.56. The summed E-state index contributed by atoms with van der Waals surface area (Å²) < 4.78 is 30.4. The number of amides is 1. The number of nitrogens with one attached hydrogen (secondary N) is 1. The van der Waals surface area contributed by atoms with E-state index in [2.05, 4.69) is 5.32 Å². The number of methoxy groups -OCH3 is 1. The topological polar surface area (TPSA) is 80.6 Å². The van der Waals surface area contributed by atoms with Crippen LogP contribution in [-0.4, -0.2) is 13.0 Å². The van der Waals surface area contributed by atoms with E-state index in [-0.39, 0.29) is 28.0 Å². The van der Waals surface area contributed by atoms with Gasteiger partial charge in [0.25, 0.3) is 5.91 Å². The molecule has 9 heteroatoms. The summed E-state index contributed by atoms with van der Waals surface area (Å²) in [5, 5.41) is 12.4. The standard InChI is InChI=1S/C31H23Cl2FN2O4/c1-38-29-16-21(7-12-28(29)39-18-20-5-3-2-4-6-20)19-40-30-26(32)14-22(15-27(30)33)13-23(17-35)31(37)36-25-10-8-24(34)9-11-25/h2-16H,18-19H2,1H3,(H,36,37)/b23-13+. The predicted octanol–water partition coefficient (Wildman–Crippen LogP) is 7.84. The molecule has 0 aliphatic rings. The van der Waals surface area contributed by atoms with E-state index in [0.29, 0.717) is 29.4 Å². The summed E-state index contributed by atoms with van der Waals surface area (Å²) in [4.78, 5) is 12.5. The zero-order chi connectivity index (χ0) is 28.5. The fourth-order valence-electron chi connectivity index (χ4n) is 3.66. The van der Waals surface area contributed by atoms with Crippen LogP contribution in [0.5, 0.6) is 17.2 Å². The summed E-state index contributed by atoms with van der Waals surface area (Å²) in [5.74, 6) is 0.298. The van der Waals surface area contributed by atoms with Gasteiger partial charge in [0.2, 0.25) is 0 Å².